The topological polar surface area (TPSA) is 105 Å². The van der Waals surface area contributed by atoms with Crippen molar-refractivity contribution in [1.29, 1.82) is 0 Å². The fourth-order valence-corrected chi connectivity index (χ4v) is 6.72. The first kappa shape index (κ1) is 27.0. The van der Waals surface area contributed by atoms with Gasteiger partial charge in [0.05, 0.1) is 6.10 Å². The van der Waals surface area contributed by atoms with Gasteiger partial charge in [-0.25, -0.2) is 4.98 Å². The molecule has 4 aliphatic heterocycles. The minimum Gasteiger partial charge on any atom is -0.390 e. The molecule has 2 atom stereocenters. The van der Waals surface area contributed by atoms with Crippen molar-refractivity contribution in [3.63, 3.8) is 0 Å². The van der Waals surface area contributed by atoms with E-state index in [9.17, 15) is 14.7 Å². The zero-order valence-electron chi connectivity index (χ0n) is 23.5. The van der Waals surface area contributed by atoms with Crippen molar-refractivity contribution in [2.75, 3.05) is 56.0 Å². The van der Waals surface area contributed by atoms with Gasteiger partial charge >= 0.3 is 0 Å². The Labute approximate surface area is 236 Å². The highest BCUT2D eigenvalue weighted by atomic mass is 16.3. The van der Waals surface area contributed by atoms with Gasteiger partial charge in [-0.15, -0.1) is 0 Å². The monoisotopic (exact) mass is 547 g/mol. The molecule has 0 bridgehead atoms. The summed E-state index contributed by atoms with van der Waals surface area (Å²) in [5, 5.41) is 14.7. The molecule has 3 saturated heterocycles. The number of aliphatic hydroxyl groups excluding tert-OH is 1. The van der Waals surface area contributed by atoms with Gasteiger partial charge < -0.3 is 25.1 Å². The Morgan fingerprint density at radius 2 is 1.65 bits per heavy atom. The second-order valence-corrected chi connectivity index (χ2v) is 11.7. The molecule has 2 amide bonds. The van der Waals surface area contributed by atoms with Crippen molar-refractivity contribution >= 4 is 23.6 Å². The third-order valence-electron chi connectivity index (χ3n) is 9.08. The summed E-state index contributed by atoms with van der Waals surface area (Å²) in [6, 6.07) is 10.5. The average molecular weight is 548 g/mol. The van der Waals surface area contributed by atoms with Gasteiger partial charge in [-0.3, -0.25) is 14.5 Å². The van der Waals surface area contributed by atoms with E-state index >= 15 is 0 Å². The van der Waals surface area contributed by atoms with E-state index in [1.54, 1.807) is 17.9 Å². The van der Waals surface area contributed by atoms with Crippen molar-refractivity contribution in [3.8, 4) is 0 Å². The summed E-state index contributed by atoms with van der Waals surface area (Å²) in [6.07, 6.45) is 4.99. The van der Waals surface area contributed by atoms with Gasteiger partial charge in [0, 0.05) is 77.4 Å². The van der Waals surface area contributed by atoms with Gasteiger partial charge in [0.1, 0.15) is 11.5 Å². The molecular formula is C30H41N7O3. The van der Waals surface area contributed by atoms with Crippen LogP contribution in [0.5, 0.6) is 0 Å². The quantitative estimate of drug-likeness (QED) is 0.587. The molecule has 2 aromatic rings. The van der Waals surface area contributed by atoms with E-state index in [2.05, 4.69) is 39.4 Å². The number of aromatic nitrogens is 2. The number of piperidine rings is 2. The average Bonchev–Trinajstić information content (AvgIpc) is 3.52. The van der Waals surface area contributed by atoms with E-state index in [4.69, 9.17) is 9.97 Å². The standard InChI is InChI=1S/C30H41N7O3/c1-21(38)34-15-9-24(10-16-34)31-28-18-25(32-30(33-28)35-12-4-5-13-35)29(40)37-17-11-26(27(39)20-37)36-14-8-22-6-2-3-7-23(22)19-36/h2-3,6-7,18,24,26-27,39H,4-5,8-17,19-20H2,1H3,(H,31,32,33). The summed E-state index contributed by atoms with van der Waals surface area (Å²) in [7, 11) is 0. The van der Waals surface area contributed by atoms with E-state index in [1.807, 2.05) is 4.90 Å². The van der Waals surface area contributed by atoms with Crippen LogP contribution in [-0.2, 0) is 17.8 Å². The molecule has 3 fully saturated rings. The van der Waals surface area contributed by atoms with Crippen molar-refractivity contribution in [1.82, 2.24) is 24.7 Å². The Balaban J connectivity index is 1.14. The molecule has 0 saturated carbocycles. The highest BCUT2D eigenvalue weighted by molar-refractivity contribution is 5.93. The number of likely N-dealkylation sites (tertiary alicyclic amines) is 2. The molecule has 214 valence electrons. The summed E-state index contributed by atoms with van der Waals surface area (Å²) in [5.41, 5.74) is 3.10. The number of nitrogens with zero attached hydrogens (tertiary/aromatic N) is 6. The summed E-state index contributed by atoms with van der Waals surface area (Å²) in [6.45, 7) is 7.50. The van der Waals surface area contributed by atoms with Gasteiger partial charge in [-0.2, -0.15) is 4.98 Å². The van der Waals surface area contributed by atoms with Gasteiger partial charge in [0.25, 0.3) is 5.91 Å². The minimum atomic E-state index is -0.605. The Morgan fingerprint density at radius 1 is 0.925 bits per heavy atom. The molecule has 4 aliphatic rings. The molecular weight excluding hydrogens is 506 g/mol. The lowest BCUT2D eigenvalue weighted by molar-refractivity contribution is -0.129. The first-order valence-electron chi connectivity index (χ1n) is 14.9. The Morgan fingerprint density at radius 3 is 2.38 bits per heavy atom. The number of hydrogen-bond donors (Lipinski definition) is 2. The van der Waals surface area contributed by atoms with Crippen molar-refractivity contribution < 1.29 is 14.7 Å². The molecule has 40 heavy (non-hydrogen) atoms. The third kappa shape index (κ3) is 5.78. The smallest absolute Gasteiger partial charge is 0.272 e. The van der Waals surface area contributed by atoms with Gasteiger partial charge in [-0.05, 0) is 49.7 Å². The first-order valence-corrected chi connectivity index (χ1v) is 14.9. The Kier molecular flexibility index (Phi) is 7.89. The molecule has 0 radical (unpaired) electrons. The van der Waals surface area contributed by atoms with Crippen LogP contribution in [0.1, 0.15) is 60.6 Å². The van der Waals surface area contributed by atoms with Gasteiger partial charge in [0.2, 0.25) is 11.9 Å². The van der Waals surface area contributed by atoms with Crippen LogP contribution in [0.25, 0.3) is 0 Å². The summed E-state index contributed by atoms with van der Waals surface area (Å²) < 4.78 is 0. The number of aliphatic hydroxyl groups is 1. The Hall–Kier alpha value is -3.24. The highest BCUT2D eigenvalue weighted by Gasteiger charge is 2.36. The van der Waals surface area contributed by atoms with Crippen LogP contribution in [0.3, 0.4) is 0 Å². The van der Waals surface area contributed by atoms with Crippen LogP contribution in [0.2, 0.25) is 0 Å². The number of carbonyl (C=O) groups is 2. The lowest BCUT2D eigenvalue weighted by Gasteiger charge is -2.43. The minimum absolute atomic E-state index is 0.0427. The molecule has 2 N–H and O–H groups in total. The number of rotatable bonds is 5. The number of fused-ring (bicyclic) bond motifs is 1. The third-order valence-corrected chi connectivity index (χ3v) is 9.08. The predicted molar refractivity (Wildman–Crippen MR) is 153 cm³/mol. The number of amides is 2. The molecule has 1 aromatic heterocycles. The maximum Gasteiger partial charge on any atom is 0.272 e. The van der Waals surface area contributed by atoms with Crippen molar-refractivity contribution in [2.24, 2.45) is 0 Å². The van der Waals surface area contributed by atoms with E-state index in [0.29, 0.717) is 30.5 Å². The van der Waals surface area contributed by atoms with Gasteiger partial charge in [0.15, 0.2) is 0 Å². The van der Waals surface area contributed by atoms with Crippen LogP contribution in [0.15, 0.2) is 30.3 Å². The number of benzene rings is 1. The van der Waals surface area contributed by atoms with Crippen LogP contribution in [0.4, 0.5) is 11.8 Å². The molecule has 10 heteroatoms. The lowest BCUT2D eigenvalue weighted by atomic mass is 9.94. The summed E-state index contributed by atoms with van der Waals surface area (Å²) in [4.78, 5) is 43.1. The highest BCUT2D eigenvalue weighted by Crippen LogP contribution is 2.27. The fraction of sp³-hybridized carbons (Fsp3) is 0.600. The number of hydrogen-bond acceptors (Lipinski definition) is 8. The zero-order chi connectivity index (χ0) is 27.6. The van der Waals surface area contributed by atoms with E-state index in [0.717, 1.165) is 77.8 Å². The number of anilines is 2. The first-order chi connectivity index (χ1) is 19.4. The largest absolute Gasteiger partial charge is 0.390 e. The second kappa shape index (κ2) is 11.7. The van der Waals surface area contributed by atoms with Crippen LogP contribution < -0.4 is 10.2 Å². The van der Waals surface area contributed by atoms with Gasteiger partial charge in [-0.1, -0.05) is 24.3 Å². The van der Waals surface area contributed by atoms with Crippen molar-refractivity contribution in [3.05, 3.63) is 47.2 Å². The summed E-state index contributed by atoms with van der Waals surface area (Å²) >= 11 is 0. The maximum absolute atomic E-state index is 13.7. The number of nitrogens with one attached hydrogen (secondary N) is 1. The number of carbonyl (C=O) groups excluding carboxylic acids is 2. The maximum atomic E-state index is 13.7. The van der Waals surface area contributed by atoms with E-state index in [1.165, 1.54) is 11.1 Å². The molecule has 0 spiro atoms. The second-order valence-electron chi connectivity index (χ2n) is 11.7. The molecule has 6 rings (SSSR count). The lowest BCUT2D eigenvalue weighted by Crippen LogP contribution is -2.56. The Bertz CT molecular complexity index is 1230. The summed E-state index contributed by atoms with van der Waals surface area (Å²) in [5.74, 6) is 1.21. The molecule has 2 unspecified atom stereocenters. The number of β-amino-alcohol motifs (C(OH)–C–C–N with tert-alkyl or cyclic N) is 1. The van der Waals surface area contributed by atoms with Crippen LogP contribution >= 0.6 is 0 Å². The van der Waals surface area contributed by atoms with E-state index < -0.39 is 6.10 Å². The SMILES string of the molecule is CC(=O)N1CCC(Nc2cc(C(=O)N3CCC(N4CCc5ccccc5C4)C(O)C3)nc(N3CCCC3)n2)CC1. The molecule has 10 nitrogen and oxygen atoms in total. The van der Waals surface area contributed by atoms with Crippen LogP contribution in [0, 0.1) is 0 Å². The molecule has 0 aliphatic carbocycles. The van der Waals surface area contributed by atoms with Crippen molar-refractivity contribution in [2.45, 2.75) is 70.2 Å². The van der Waals surface area contributed by atoms with Crippen LogP contribution in [-0.4, -0.2) is 106 Å². The fourth-order valence-electron chi connectivity index (χ4n) is 6.72. The molecule has 1 aromatic carbocycles. The predicted octanol–water partition coefficient (Wildman–Crippen LogP) is 2.13. The normalized spacial score (nSPS) is 24.2. The molecule has 5 heterocycles. The van der Waals surface area contributed by atoms with E-state index in [-0.39, 0.29) is 23.9 Å². The zero-order valence-corrected chi connectivity index (χ0v) is 23.5.